The summed E-state index contributed by atoms with van der Waals surface area (Å²) in [7, 11) is 1.63. The summed E-state index contributed by atoms with van der Waals surface area (Å²) in [5, 5.41) is 3.04. The van der Waals surface area contributed by atoms with Gasteiger partial charge in [0.1, 0.15) is 5.75 Å². The summed E-state index contributed by atoms with van der Waals surface area (Å²) in [6.45, 7) is 5.64. The van der Waals surface area contributed by atoms with E-state index < -0.39 is 5.41 Å². The lowest BCUT2D eigenvalue weighted by atomic mass is 9.80. The van der Waals surface area contributed by atoms with Crippen LogP contribution in [0.15, 0.2) is 48.5 Å². The van der Waals surface area contributed by atoms with E-state index in [-0.39, 0.29) is 11.8 Å². The quantitative estimate of drug-likeness (QED) is 0.816. The van der Waals surface area contributed by atoms with Gasteiger partial charge in [0.05, 0.1) is 18.9 Å². The SMILES string of the molecule is COc1ccc(CNC(=O)[C@@]2(C)CCCN(C(=O)Cc3ccc(C)cc3)C2)cc1. The minimum absolute atomic E-state index is 0.00107. The predicted octanol–water partition coefficient (Wildman–Crippen LogP) is 3.49. The average Bonchev–Trinajstić information content (AvgIpc) is 2.74. The van der Waals surface area contributed by atoms with Gasteiger partial charge in [-0.2, -0.15) is 0 Å². The van der Waals surface area contributed by atoms with E-state index in [4.69, 9.17) is 4.74 Å². The molecule has 3 rings (SSSR count). The molecule has 1 atom stereocenters. The highest BCUT2D eigenvalue weighted by Gasteiger charge is 2.39. The second-order valence-corrected chi connectivity index (χ2v) is 8.17. The minimum atomic E-state index is -0.562. The van der Waals surface area contributed by atoms with Crippen LogP contribution in [-0.4, -0.2) is 36.9 Å². The number of ether oxygens (including phenoxy) is 1. The van der Waals surface area contributed by atoms with Gasteiger partial charge in [-0.15, -0.1) is 0 Å². The number of carbonyl (C=O) groups excluding carboxylic acids is 2. The smallest absolute Gasteiger partial charge is 0.227 e. The first kappa shape index (κ1) is 20.9. The average molecular weight is 395 g/mol. The molecule has 1 aliphatic heterocycles. The molecule has 1 aliphatic rings. The zero-order chi connectivity index (χ0) is 20.9. The van der Waals surface area contributed by atoms with Crippen LogP contribution in [0.5, 0.6) is 5.75 Å². The van der Waals surface area contributed by atoms with Gasteiger partial charge in [-0.05, 0) is 49.9 Å². The summed E-state index contributed by atoms with van der Waals surface area (Å²) in [6, 6.07) is 15.7. The normalized spacial score (nSPS) is 18.9. The number of nitrogens with zero attached hydrogens (tertiary/aromatic N) is 1. The fourth-order valence-corrected chi connectivity index (χ4v) is 3.77. The third-order valence-corrected chi connectivity index (χ3v) is 5.69. The van der Waals surface area contributed by atoms with E-state index in [0.717, 1.165) is 29.7 Å². The number of hydrogen-bond donors (Lipinski definition) is 1. The monoisotopic (exact) mass is 394 g/mol. The zero-order valence-electron chi connectivity index (χ0n) is 17.5. The van der Waals surface area contributed by atoms with E-state index in [0.29, 0.717) is 26.1 Å². The van der Waals surface area contributed by atoms with Crippen molar-refractivity contribution >= 4 is 11.8 Å². The Hall–Kier alpha value is -2.82. The molecule has 0 saturated carbocycles. The molecule has 2 aromatic rings. The predicted molar refractivity (Wildman–Crippen MR) is 114 cm³/mol. The van der Waals surface area contributed by atoms with Gasteiger partial charge in [-0.1, -0.05) is 42.0 Å². The highest BCUT2D eigenvalue weighted by Crippen LogP contribution is 2.30. The van der Waals surface area contributed by atoms with Gasteiger partial charge >= 0.3 is 0 Å². The molecular weight excluding hydrogens is 364 g/mol. The third-order valence-electron chi connectivity index (χ3n) is 5.69. The Bertz CT molecular complexity index is 845. The number of rotatable bonds is 6. The first-order chi connectivity index (χ1) is 13.9. The van der Waals surface area contributed by atoms with E-state index >= 15 is 0 Å². The van der Waals surface area contributed by atoms with Crippen molar-refractivity contribution in [2.45, 2.75) is 39.7 Å². The van der Waals surface area contributed by atoms with Crippen LogP contribution in [0.2, 0.25) is 0 Å². The van der Waals surface area contributed by atoms with E-state index in [1.54, 1.807) is 7.11 Å². The molecule has 0 bridgehead atoms. The van der Waals surface area contributed by atoms with Crippen molar-refractivity contribution < 1.29 is 14.3 Å². The van der Waals surface area contributed by atoms with Crippen LogP contribution in [0.3, 0.4) is 0 Å². The van der Waals surface area contributed by atoms with E-state index in [9.17, 15) is 9.59 Å². The number of hydrogen-bond acceptors (Lipinski definition) is 3. The number of likely N-dealkylation sites (tertiary alicyclic amines) is 1. The number of piperidine rings is 1. The number of nitrogens with one attached hydrogen (secondary N) is 1. The molecule has 5 heteroatoms. The van der Waals surface area contributed by atoms with E-state index in [1.807, 2.05) is 67.3 Å². The lowest BCUT2D eigenvalue weighted by Crippen LogP contribution is -2.52. The Balaban J connectivity index is 1.57. The third kappa shape index (κ3) is 5.37. The molecule has 154 valence electrons. The standard InChI is InChI=1S/C24H30N2O3/c1-18-5-7-19(8-6-18)15-22(27)26-14-4-13-24(2,17-26)23(28)25-16-20-9-11-21(29-3)12-10-20/h5-12H,4,13-17H2,1-3H3,(H,25,28)/t24-/m0/s1. The van der Waals surface area contributed by atoms with Gasteiger partial charge in [0, 0.05) is 19.6 Å². The Morgan fingerprint density at radius 2 is 1.72 bits per heavy atom. The van der Waals surface area contributed by atoms with Gasteiger partial charge in [-0.3, -0.25) is 9.59 Å². The van der Waals surface area contributed by atoms with E-state index in [1.165, 1.54) is 5.56 Å². The van der Waals surface area contributed by atoms with Gasteiger partial charge in [0.25, 0.3) is 0 Å². The van der Waals surface area contributed by atoms with Crippen molar-refractivity contribution in [3.05, 3.63) is 65.2 Å². The van der Waals surface area contributed by atoms with E-state index in [2.05, 4.69) is 5.32 Å². The zero-order valence-corrected chi connectivity index (χ0v) is 17.5. The molecule has 0 unspecified atom stereocenters. The molecule has 1 saturated heterocycles. The summed E-state index contributed by atoms with van der Waals surface area (Å²) in [6.07, 6.45) is 2.01. The van der Waals surface area contributed by atoms with Crippen molar-refractivity contribution in [3.63, 3.8) is 0 Å². The molecule has 0 radical (unpaired) electrons. The van der Waals surface area contributed by atoms with Gasteiger partial charge in [0.15, 0.2) is 0 Å². The first-order valence-electron chi connectivity index (χ1n) is 10.1. The largest absolute Gasteiger partial charge is 0.497 e. The van der Waals surface area contributed by atoms with Crippen LogP contribution in [-0.2, 0) is 22.6 Å². The van der Waals surface area contributed by atoms with Crippen molar-refractivity contribution in [1.29, 1.82) is 0 Å². The van der Waals surface area contributed by atoms with Crippen LogP contribution in [0.4, 0.5) is 0 Å². The molecule has 0 aromatic heterocycles. The molecule has 5 nitrogen and oxygen atoms in total. The molecule has 29 heavy (non-hydrogen) atoms. The molecule has 1 fully saturated rings. The molecule has 1 N–H and O–H groups in total. The number of aryl methyl sites for hydroxylation is 1. The highest BCUT2D eigenvalue weighted by molar-refractivity contribution is 5.84. The Morgan fingerprint density at radius 3 is 2.38 bits per heavy atom. The Kier molecular flexibility index (Phi) is 6.57. The number of carbonyl (C=O) groups is 2. The second kappa shape index (κ2) is 9.12. The Morgan fingerprint density at radius 1 is 1.07 bits per heavy atom. The van der Waals surface area contributed by atoms with Gasteiger partial charge in [0.2, 0.25) is 11.8 Å². The maximum atomic E-state index is 12.9. The van der Waals surface area contributed by atoms with Crippen LogP contribution in [0.25, 0.3) is 0 Å². The minimum Gasteiger partial charge on any atom is -0.497 e. The highest BCUT2D eigenvalue weighted by atomic mass is 16.5. The Labute approximate surface area is 173 Å². The maximum Gasteiger partial charge on any atom is 0.227 e. The maximum absolute atomic E-state index is 12.9. The van der Waals surface area contributed by atoms with Gasteiger partial charge in [-0.25, -0.2) is 0 Å². The summed E-state index contributed by atoms with van der Waals surface area (Å²) in [5.41, 5.74) is 2.65. The second-order valence-electron chi connectivity index (χ2n) is 8.17. The summed E-state index contributed by atoms with van der Waals surface area (Å²) < 4.78 is 5.16. The number of benzene rings is 2. The first-order valence-corrected chi connectivity index (χ1v) is 10.1. The van der Waals surface area contributed by atoms with Gasteiger partial charge < -0.3 is 15.0 Å². The topological polar surface area (TPSA) is 58.6 Å². The fourth-order valence-electron chi connectivity index (χ4n) is 3.77. The number of amides is 2. The summed E-state index contributed by atoms with van der Waals surface area (Å²) in [5.74, 6) is 0.880. The molecule has 2 amide bonds. The van der Waals surface area contributed by atoms with Crippen molar-refractivity contribution in [2.75, 3.05) is 20.2 Å². The lowest BCUT2D eigenvalue weighted by Gasteiger charge is -2.39. The van der Waals surface area contributed by atoms with Crippen LogP contribution < -0.4 is 10.1 Å². The summed E-state index contributed by atoms with van der Waals surface area (Å²) in [4.78, 5) is 27.5. The van der Waals surface area contributed by atoms with Crippen LogP contribution in [0.1, 0.15) is 36.5 Å². The fraction of sp³-hybridized carbons (Fsp3) is 0.417. The molecule has 1 heterocycles. The molecule has 0 spiro atoms. The summed E-state index contributed by atoms with van der Waals surface area (Å²) >= 11 is 0. The lowest BCUT2D eigenvalue weighted by molar-refractivity contribution is -0.140. The van der Waals surface area contributed by atoms with Crippen molar-refractivity contribution in [1.82, 2.24) is 10.2 Å². The van der Waals surface area contributed by atoms with Crippen LogP contribution in [0, 0.1) is 12.3 Å². The molecule has 0 aliphatic carbocycles. The van der Waals surface area contributed by atoms with Crippen molar-refractivity contribution in [3.8, 4) is 5.75 Å². The number of methoxy groups -OCH3 is 1. The van der Waals surface area contributed by atoms with Crippen molar-refractivity contribution in [2.24, 2.45) is 5.41 Å². The molecular formula is C24H30N2O3. The van der Waals surface area contributed by atoms with Crippen LogP contribution >= 0.6 is 0 Å². The molecule has 2 aromatic carbocycles.